The average Bonchev–Trinajstić information content (AvgIpc) is 3.17. The number of hydrogen-bond acceptors (Lipinski definition) is 3. The Morgan fingerprint density at radius 3 is 2.68 bits per heavy atom. The lowest BCUT2D eigenvalue weighted by molar-refractivity contribution is 0.463. The zero-order valence-corrected chi connectivity index (χ0v) is 16.0. The molecule has 0 bridgehead atoms. The monoisotopic (exact) mass is 356 g/mol. The summed E-state index contributed by atoms with van der Waals surface area (Å²) < 4.78 is 0. The summed E-state index contributed by atoms with van der Waals surface area (Å²) in [7, 11) is 1.85. The minimum absolute atomic E-state index is 0.501. The molecule has 3 rings (SSSR count). The molecular formula is C20H28N4S. The van der Waals surface area contributed by atoms with Gasteiger partial charge in [-0.25, -0.2) is 0 Å². The predicted molar refractivity (Wildman–Crippen MR) is 109 cm³/mol. The molecule has 134 valence electrons. The molecule has 2 aromatic rings. The second kappa shape index (κ2) is 8.90. The summed E-state index contributed by atoms with van der Waals surface area (Å²) in [4.78, 5) is 6.87. The van der Waals surface area contributed by atoms with Gasteiger partial charge in [0.15, 0.2) is 5.96 Å². The summed E-state index contributed by atoms with van der Waals surface area (Å²) >= 11 is 1.83. The molecule has 4 nitrogen and oxygen atoms in total. The number of nitrogens with zero attached hydrogens (tertiary/aromatic N) is 2. The van der Waals surface area contributed by atoms with Crippen molar-refractivity contribution in [3.05, 3.63) is 52.9 Å². The summed E-state index contributed by atoms with van der Waals surface area (Å²) in [5.74, 6) is 0.920. The van der Waals surface area contributed by atoms with Gasteiger partial charge in [-0.3, -0.25) is 4.99 Å². The summed E-state index contributed by atoms with van der Waals surface area (Å²) in [6.07, 6.45) is 3.32. The van der Waals surface area contributed by atoms with E-state index >= 15 is 0 Å². The molecular weight excluding hydrogens is 328 g/mol. The Bertz CT molecular complexity index is 673. The fraction of sp³-hybridized carbons (Fsp3) is 0.450. The third-order valence-electron chi connectivity index (χ3n) is 4.83. The zero-order valence-electron chi connectivity index (χ0n) is 15.2. The number of benzene rings is 1. The lowest BCUT2D eigenvalue weighted by Gasteiger charge is -2.33. The van der Waals surface area contributed by atoms with E-state index in [0.29, 0.717) is 6.04 Å². The topological polar surface area (TPSA) is 39.7 Å². The van der Waals surface area contributed by atoms with Gasteiger partial charge in [0, 0.05) is 32.7 Å². The Hall–Kier alpha value is -2.01. The Kier molecular flexibility index (Phi) is 6.34. The number of aliphatic imine (C=N–C) groups is 1. The predicted octanol–water partition coefficient (Wildman–Crippen LogP) is 3.43. The molecule has 2 N–H and O–H groups in total. The van der Waals surface area contributed by atoms with E-state index in [4.69, 9.17) is 0 Å². The Balaban J connectivity index is 1.41. The van der Waals surface area contributed by atoms with Gasteiger partial charge in [-0.15, -0.1) is 11.3 Å². The van der Waals surface area contributed by atoms with Gasteiger partial charge in [-0.1, -0.05) is 24.3 Å². The van der Waals surface area contributed by atoms with Gasteiger partial charge >= 0.3 is 0 Å². The van der Waals surface area contributed by atoms with E-state index in [0.717, 1.165) is 44.9 Å². The van der Waals surface area contributed by atoms with E-state index in [-0.39, 0.29) is 0 Å². The molecule has 1 fully saturated rings. The van der Waals surface area contributed by atoms with Gasteiger partial charge < -0.3 is 15.5 Å². The first-order valence-corrected chi connectivity index (χ1v) is 9.94. The van der Waals surface area contributed by atoms with Crippen molar-refractivity contribution in [3.8, 4) is 0 Å². The van der Waals surface area contributed by atoms with E-state index in [1.54, 1.807) is 0 Å². The largest absolute Gasteiger partial charge is 0.363 e. The summed E-state index contributed by atoms with van der Waals surface area (Å²) in [5, 5.41) is 10.6. The first-order chi connectivity index (χ1) is 12.3. The number of guanidine groups is 1. The number of thiophene rings is 1. The van der Waals surface area contributed by atoms with Crippen LogP contribution in [0.1, 0.15) is 24.0 Å². The molecule has 0 aliphatic carbocycles. The van der Waals surface area contributed by atoms with E-state index in [1.165, 1.54) is 16.1 Å². The molecule has 0 spiro atoms. The molecule has 0 atom stereocenters. The standard InChI is InChI=1S/C20H28N4S/c1-16-6-3-4-7-17(16)9-12-22-20(21-2)23-18-10-13-24(14-11-18)19-8-5-15-25-19/h3-8,15,18H,9-14H2,1-2H3,(H2,21,22,23). The Labute approximate surface area is 155 Å². The fourth-order valence-electron chi connectivity index (χ4n) is 3.29. The van der Waals surface area contributed by atoms with Crippen molar-refractivity contribution in [2.24, 2.45) is 4.99 Å². The first-order valence-electron chi connectivity index (χ1n) is 9.06. The normalized spacial score (nSPS) is 16.1. The highest BCUT2D eigenvalue weighted by Crippen LogP contribution is 2.24. The van der Waals surface area contributed by atoms with Gasteiger partial charge in [0.25, 0.3) is 0 Å². The first kappa shape index (κ1) is 17.8. The van der Waals surface area contributed by atoms with Crippen molar-refractivity contribution in [1.82, 2.24) is 10.6 Å². The van der Waals surface area contributed by atoms with Crippen LogP contribution in [0.3, 0.4) is 0 Å². The van der Waals surface area contributed by atoms with Crippen LogP contribution in [0.5, 0.6) is 0 Å². The molecule has 1 aromatic carbocycles. The van der Waals surface area contributed by atoms with Gasteiger partial charge in [0.2, 0.25) is 0 Å². The maximum Gasteiger partial charge on any atom is 0.191 e. The van der Waals surface area contributed by atoms with Gasteiger partial charge in [0.05, 0.1) is 5.00 Å². The molecule has 0 saturated carbocycles. The van der Waals surface area contributed by atoms with Crippen LogP contribution in [0, 0.1) is 6.92 Å². The second-order valence-electron chi connectivity index (χ2n) is 6.53. The van der Waals surface area contributed by atoms with Crippen molar-refractivity contribution in [1.29, 1.82) is 0 Å². The van der Waals surface area contributed by atoms with Crippen LogP contribution in [0.15, 0.2) is 46.8 Å². The van der Waals surface area contributed by atoms with Crippen molar-refractivity contribution in [3.63, 3.8) is 0 Å². The number of rotatable bonds is 5. The molecule has 0 amide bonds. The number of hydrogen-bond donors (Lipinski definition) is 2. The maximum atomic E-state index is 4.39. The molecule has 5 heteroatoms. The molecule has 1 saturated heterocycles. The van der Waals surface area contributed by atoms with E-state index in [9.17, 15) is 0 Å². The van der Waals surface area contributed by atoms with Gasteiger partial charge in [0.1, 0.15) is 0 Å². The third-order valence-corrected chi connectivity index (χ3v) is 5.75. The lowest BCUT2D eigenvalue weighted by Crippen LogP contribution is -2.49. The van der Waals surface area contributed by atoms with Gasteiger partial charge in [-0.2, -0.15) is 0 Å². The minimum atomic E-state index is 0.501. The van der Waals surface area contributed by atoms with Crippen LogP contribution >= 0.6 is 11.3 Å². The molecule has 1 aliphatic rings. The number of piperidine rings is 1. The maximum absolute atomic E-state index is 4.39. The molecule has 1 aromatic heterocycles. The number of aryl methyl sites for hydroxylation is 1. The molecule has 1 aliphatic heterocycles. The summed E-state index contributed by atoms with van der Waals surface area (Å²) in [5.41, 5.74) is 2.75. The fourth-order valence-corrected chi connectivity index (χ4v) is 4.07. The minimum Gasteiger partial charge on any atom is -0.363 e. The van der Waals surface area contributed by atoms with E-state index in [2.05, 4.69) is 69.2 Å². The van der Waals surface area contributed by atoms with Crippen molar-refractivity contribution < 1.29 is 0 Å². The van der Waals surface area contributed by atoms with Crippen LogP contribution in [-0.2, 0) is 6.42 Å². The zero-order chi connectivity index (χ0) is 17.5. The average molecular weight is 357 g/mol. The Morgan fingerprint density at radius 1 is 1.20 bits per heavy atom. The smallest absolute Gasteiger partial charge is 0.191 e. The second-order valence-corrected chi connectivity index (χ2v) is 7.46. The van der Waals surface area contributed by atoms with Crippen LogP contribution in [0.25, 0.3) is 0 Å². The van der Waals surface area contributed by atoms with E-state index < -0.39 is 0 Å². The summed E-state index contributed by atoms with van der Waals surface area (Å²) in [6, 6.07) is 13.4. The van der Waals surface area contributed by atoms with Crippen molar-refractivity contribution in [2.45, 2.75) is 32.2 Å². The summed E-state index contributed by atoms with van der Waals surface area (Å²) in [6.45, 7) is 5.29. The molecule has 25 heavy (non-hydrogen) atoms. The number of anilines is 1. The third kappa shape index (κ3) is 4.98. The van der Waals surface area contributed by atoms with Crippen molar-refractivity contribution >= 4 is 22.3 Å². The highest BCUT2D eigenvalue weighted by molar-refractivity contribution is 7.14. The lowest BCUT2D eigenvalue weighted by atomic mass is 10.1. The van der Waals surface area contributed by atoms with Crippen molar-refractivity contribution in [2.75, 3.05) is 31.6 Å². The number of nitrogens with one attached hydrogen (secondary N) is 2. The van der Waals surface area contributed by atoms with Crippen LogP contribution in [0.4, 0.5) is 5.00 Å². The molecule has 0 unspecified atom stereocenters. The van der Waals surface area contributed by atoms with E-state index in [1.807, 2.05) is 18.4 Å². The van der Waals surface area contributed by atoms with Crippen LogP contribution in [-0.4, -0.2) is 38.7 Å². The highest BCUT2D eigenvalue weighted by Gasteiger charge is 2.20. The van der Waals surface area contributed by atoms with Gasteiger partial charge in [-0.05, 0) is 54.8 Å². The Morgan fingerprint density at radius 2 is 2.00 bits per heavy atom. The highest BCUT2D eigenvalue weighted by atomic mass is 32.1. The van der Waals surface area contributed by atoms with Crippen LogP contribution < -0.4 is 15.5 Å². The SMILES string of the molecule is CN=C(NCCc1ccccc1C)NC1CCN(c2cccs2)CC1. The van der Waals surface area contributed by atoms with Crippen LogP contribution in [0.2, 0.25) is 0 Å². The quantitative estimate of drug-likeness (QED) is 0.637. The molecule has 0 radical (unpaired) electrons. The molecule has 2 heterocycles.